The van der Waals surface area contributed by atoms with Gasteiger partial charge in [-0.1, -0.05) is 6.92 Å². The third kappa shape index (κ3) is 3.12. The molecule has 1 aromatic heterocycles. The van der Waals surface area contributed by atoms with Crippen LogP contribution in [0, 0.1) is 17.0 Å². The van der Waals surface area contributed by atoms with Crippen molar-refractivity contribution in [3.63, 3.8) is 0 Å². The van der Waals surface area contributed by atoms with Crippen molar-refractivity contribution in [3.8, 4) is 0 Å². The fraction of sp³-hybridized carbons (Fsp3) is 0.429. The smallest absolute Gasteiger partial charge is 0.273 e. The van der Waals surface area contributed by atoms with Gasteiger partial charge in [0.1, 0.15) is 5.60 Å². The number of fused-ring (bicyclic) bond motifs is 1. The second-order valence-electron chi connectivity index (χ2n) is 5.62. The average molecular weight is 326 g/mol. The molecule has 0 unspecified atom stereocenters. The molecule has 0 aliphatic heterocycles. The minimum absolute atomic E-state index is 0.0149. The van der Waals surface area contributed by atoms with Gasteiger partial charge in [0.2, 0.25) is 0 Å². The first kappa shape index (κ1) is 16.4. The van der Waals surface area contributed by atoms with E-state index in [0.717, 1.165) is 0 Å². The van der Waals surface area contributed by atoms with Crippen LogP contribution >= 0.6 is 0 Å². The van der Waals surface area contributed by atoms with Gasteiger partial charge in [-0.15, -0.1) is 0 Å². The van der Waals surface area contributed by atoms with Gasteiger partial charge in [-0.3, -0.25) is 10.1 Å². The average Bonchev–Trinajstić information content (AvgIpc) is 2.80. The Labute approximate surface area is 128 Å². The van der Waals surface area contributed by atoms with Crippen LogP contribution in [-0.4, -0.2) is 34.9 Å². The predicted molar refractivity (Wildman–Crippen MR) is 83.6 cm³/mol. The van der Waals surface area contributed by atoms with E-state index >= 15 is 0 Å². The summed E-state index contributed by atoms with van der Waals surface area (Å²) < 4.78 is 23.5. The second-order valence-corrected chi connectivity index (χ2v) is 7.97. The number of aliphatic hydroxyl groups is 1. The first-order valence-electron chi connectivity index (χ1n) is 6.77. The Bertz CT molecular complexity index is 836. The van der Waals surface area contributed by atoms with Gasteiger partial charge in [-0.05, 0) is 26.0 Å². The lowest BCUT2D eigenvalue weighted by molar-refractivity contribution is -0.385. The Morgan fingerprint density at radius 3 is 2.55 bits per heavy atom. The van der Waals surface area contributed by atoms with Crippen LogP contribution in [0.15, 0.2) is 18.2 Å². The van der Waals surface area contributed by atoms with Crippen LogP contribution in [0.1, 0.15) is 25.1 Å². The number of sulfone groups is 1. The molecule has 120 valence electrons. The second kappa shape index (κ2) is 5.36. The molecule has 8 heteroatoms. The van der Waals surface area contributed by atoms with Crippen molar-refractivity contribution in [1.82, 2.24) is 4.98 Å². The largest absolute Gasteiger partial charge is 0.383 e. The molecule has 7 nitrogen and oxygen atoms in total. The maximum absolute atomic E-state index is 11.7. The van der Waals surface area contributed by atoms with E-state index in [1.54, 1.807) is 19.1 Å². The number of nitrogens with zero attached hydrogens (tertiary/aromatic N) is 1. The molecule has 2 rings (SSSR count). The standard InChI is InChI=1S/C14H18N2O5S/c1-4-22(20,21)8-14(3,17)13-7-10-6-12(16(18)19)9(2)5-11(10)15-13/h5-7,15,17H,4,8H2,1-3H3/t14-/m0/s1. The highest BCUT2D eigenvalue weighted by molar-refractivity contribution is 7.91. The Hall–Kier alpha value is -1.93. The van der Waals surface area contributed by atoms with Crippen LogP contribution in [0.3, 0.4) is 0 Å². The maximum atomic E-state index is 11.7. The topological polar surface area (TPSA) is 113 Å². The number of benzene rings is 1. The van der Waals surface area contributed by atoms with Crippen LogP contribution < -0.4 is 0 Å². The molecule has 0 aliphatic carbocycles. The van der Waals surface area contributed by atoms with Gasteiger partial charge in [-0.25, -0.2) is 8.42 Å². The first-order chi connectivity index (χ1) is 10.1. The zero-order valence-electron chi connectivity index (χ0n) is 12.6. The lowest BCUT2D eigenvalue weighted by Gasteiger charge is -2.21. The first-order valence-corrected chi connectivity index (χ1v) is 8.59. The van der Waals surface area contributed by atoms with Gasteiger partial charge in [0.25, 0.3) is 5.69 Å². The van der Waals surface area contributed by atoms with E-state index in [9.17, 15) is 23.6 Å². The molecule has 1 heterocycles. The van der Waals surface area contributed by atoms with E-state index in [4.69, 9.17) is 0 Å². The van der Waals surface area contributed by atoms with Crippen molar-refractivity contribution in [2.75, 3.05) is 11.5 Å². The number of nitro benzene ring substituents is 1. The summed E-state index contributed by atoms with van der Waals surface area (Å²) in [5.74, 6) is -0.474. The molecule has 0 saturated carbocycles. The molecule has 22 heavy (non-hydrogen) atoms. The lowest BCUT2D eigenvalue weighted by atomic mass is 10.1. The van der Waals surface area contributed by atoms with Crippen LogP contribution in [0.5, 0.6) is 0 Å². The quantitative estimate of drug-likeness (QED) is 0.644. The summed E-state index contributed by atoms with van der Waals surface area (Å²) in [6, 6.07) is 4.57. The van der Waals surface area contributed by atoms with Crippen molar-refractivity contribution in [1.29, 1.82) is 0 Å². The van der Waals surface area contributed by atoms with Gasteiger partial charge >= 0.3 is 0 Å². The highest BCUT2D eigenvalue weighted by Crippen LogP contribution is 2.30. The van der Waals surface area contributed by atoms with E-state index in [1.165, 1.54) is 19.9 Å². The Kier molecular flexibility index (Phi) is 4.01. The molecule has 0 aliphatic rings. The molecule has 1 atom stereocenters. The number of aromatic amines is 1. The van der Waals surface area contributed by atoms with Crippen LogP contribution in [0.2, 0.25) is 0 Å². The van der Waals surface area contributed by atoms with E-state index in [1.807, 2.05) is 0 Å². The fourth-order valence-electron chi connectivity index (χ4n) is 2.37. The van der Waals surface area contributed by atoms with Crippen molar-refractivity contribution in [2.24, 2.45) is 0 Å². The van der Waals surface area contributed by atoms with Gasteiger partial charge in [-0.2, -0.15) is 0 Å². The zero-order chi connectivity index (χ0) is 16.7. The monoisotopic (exact) mass is 326 g/mol. The minimum atomic E-state index is -3.37. The highest BCUT2D eigenvalue weighted by Gasteiger charge is 2.31. The molecule has 0 amide bonds. The molecule has 0 saturated heterocycles. The summed E-state index contributed by atoms with van der Waals surface area (Å²) in [4.78, 5) is 13.4. The SMILES string of the molecule is CCS(=O)(=O)C[C@](C)(O)c1cc2cc([N+](=O)[O-])c(C)cc2[nH]1. The van der Waals surface area contributed by atoms with E-state index < -0.39 is 26.1 Å². The number of hydrogen-bond donors (Lipinski definition) is 2. The number of aryl methyl sites for hydroxylation is 1. The maximum Gasteiger partial charge on any atom is 0.273 e. The summed E-state index contributed by atoms with van der Waals surface area (Å²) in [7, 11) is -3.37. The van der Waals surface area contributed by atoms with Crippen molar-refractivity contribution < 1.29 is 18.4 Å². The number of nitrogens with one attached hydrogen (secondary N) is 1. The summed E-state index contributed by atoms with van der Waals surface area (Å²) in [5.41, 5.74) is -0.173. The predicted octanol–water partition coefficient (Wildman–Crippen LogP) is 2.03. The number of H-pyrrole nitrogens is 1. The van der Waals surface area contributed by atoms with Crippen LogP contribution in [0.4, 0.5) is 5.69 Å². The van der Waals surface area contributed by atoms with Crippen molar-refractivity contribution >= 4 is 26.4 Å². The highest BCUT2D eigenvalue weighted by atomic mass is 32.2. The molecule has 2 aromatic rings. The number of hydrogen-bond acceptors (Lipinski definition) is 5. The van der Waals surface area contributed by atoms with Crippen LogP contribution in [-0.2, 0) is 15.4 Å². The molecule has 0 radical (unpaired) electrons. The summed E-state index contributed by atoms with van der Waals surface area (Å²) in [6.07, 6.45) is 0. The van der Waals surface area contributed by atoms with Gasteiger partial charge in [0.05, 0.1) is 10.7 Å². The molecule has 0 fully saturated rings. The molecule has 0 bridgehead atoms. The summed E-state index contributed by atoms with van der Waals surface area (Å²) in [6.45, 7) is 4.55. The lowest BCUT2D eigenvalue weighted by Crippen LogP contribution is -2.32. The summed E-state index contributed by atoms with van der Waals surface area (Å²) >= 11 is 0. The Morgan fingerprint density at radius 2 is 2.00 bits per heavy atom. The van der Waals surface area contributed by atoms with Gasteiger partial charge in [0, 0.05) is 34.0 Å². The van der Waals surface area contributed by atoms with E-state index in [2.05, 4.69) is 4.98 Å². The molecular formula is C14H18N2O5S. The number of aromatic nitrogens is 1. The Morgan fingerprint density at radius 1 is 1.36 bits per heavy atom. The van der Waals surface area contributed by atoms with Crippen LogP contribution in [0.25, 0.3) is 10.9 Å². The molecule has 0 spiro atoms. The van der Waals surface area contributed by atoms with Gasteiger partial charge < -0.3 is 10.1 Å². The molecular weight excluding hydrogens is 308 g/mol. The van der Waals surface area contributed by atoms with Gasteiger partial charge in [0.15, 0.2) is 9.84 Å². The number of rotatable bonds is 5. The molecule has 1 aromatic carbocycles. The summed E-state index contributed by atoms with van der Waals surface area (Å²) in [5, 5.41) is 22.0. The van der Waals surface area contributed by atoms with Crippen molar-refractivity contribution in [3.05, 3.63) is 39.6 Å². The van der Waals surface area contributed by atoms with Crippen molar-refractivity contribution in [2.45, 2.75) is 26.4 Å². The normalized spacial score (nSPS) is 14.9. The van der Waals surface area contributed by atoms with E-state index in [-0.39, 0.29) is 11.4 Å². The fourth-order valence-corrected chi connectivity index (χ4v) is 3.59. The third-order valence-corrected chi connectivity index (χ3v) is 5.54. The minimum Gasteiger partial charge on any atom is -0.383 e. The Balaban J connectivity index is 2.51. The zero-order valence-corrected chi connectivity index (χ0v) is 13.4. The van der Waals surface area contributed by atoms with E-state index in [0.29, 0.717) is 22.2 Å². The third-order valence-electron chi connectivity index (χ3n) is 3.66. The molecule has 2 N–H and O–H groups in total. The number of nitro groups is 1.